The van der Waals surface area contributed by atoms with Crippen LogP contribution < -0.4 is 0 Å². The number of hydrogen-bond acceptors (Lipinski definition) is 3. The Labute approximate surface area is 101 Å². The van der Waals surface area contributed by atoms with Gasteiger partial charge in [-0.3, -0.25) is 4.79 Å². The third kappa shape index (κ3) is 3.43. The Morgan fingerprint density at radius 3 is 2.82 bits per heavy atom. The summed E-state index contributed by atoms with van der Waals surface area (Å²) in [7, 11) is 0. The van der Waals surface area contributed by atoms with Crippen molar-refractivity contribution in [3.8, 4) is 0 Å². The van der Waals surface area contributed by atoms with Crippen LogP contribution in [-0.4, -0.2) is 24.8 Å². The Morgan fingerprint density at radius 1 is 1.47 bits per heavy atom. The summed E-state index contributed by atoms with van der Waals surface area (Å²) < 4.78 is 10.5. The molecule has 90 valence electrons. The van der Waals surface area contributed by atoms with Gasteiger partial charge in [0.25, 0.3) is 0 Å². The largest absolute Gasteiger partial charge is 0.457 e. The fourth-order valence-electron chi connectivity index (χ4n) is 1.76. The summed E-state index contributed by atoms with van der Waals surface area (Å²) in [5.41, 5.74) is 1.16. The lowest BCUT2D eigenvalue weighted by Gasteiger charge is -2.35. The summed E-state index contributed by atoms with van der Waals surface area (Å²) in [5.74, 6) is -0.240. The van der Waals surface area contributed by atoms with Crippen LogP contribution in [0.3, 0.4) is 0 Å². The smallest absolute Gasteiger partial charge is 0.303 e. The van der Waals surface area contributed by atoms with Crippen LogP contribution in [0.5, 0.6) is 0 Å². The van der Waals surface area contributed by atoms with E-state index in [1.807, 2.05) is 36.4 Å². The minimum absolute atomic E-state index is 0.0128. The third-order valence-corrected chi connectivity index (χ3v) is 2.68. The molecule has 0 amide bonds. The van der Waals surface area contributed by atoms with Crippen molar-refractivity contribution in [2.24, 2.45) is 0 Å². The van der Waals surface area contributed by atoms with E-state index in [-0.39, 0.29) is 18.2 Å². The van der Waals surface area contributed by atoms with Gasteiger partial charge >= 0.3 is 5.97 Å². The minimum Gasteiger partial charge on any atom is -0.457 e. The van der Waals surface area contributed by atoms with E-state index >= 15 is 0 Å². The van der Waals surface area contributed by atoms with E-state index in [0.29, 0.717) is 6.61 Å². The summed E-state index contributed by atoms with van der Waals surface area (Å²) in [5, 5.41) is 0. The predicted molar refractivity (Wildman–Crippen MR) is 65.4 cm³/mol. The second-order valence-corrected chi connectivity index (χ2v) is 4.07. The van der Waals surface area contributed by atoms with E-state index in [1.165, 1.54) is 6.92 Å². The first-order valence-corrected chi connectivity index (χ1v) is 5.76. The topological polar surface area (TPSA) is 35.5 Å². The number of benzene rings is 1. The van der Waals surface area contributed by atoms with Gasteiger partial charge in [0.2, 0.25) is 0 Å². The van der Waals surface area contributed by atoms with Gasteiger partial charge in [-0.15, -0.1) is 0 Å². The molecule has 1 aliphatic heterocycles. The molecule has 1 aromatic carbocycles. The highest BCUT2D eigenvalue weighted by Crippen LogP contribution is 2.20. The zero-order valence-electron chi connectivity index (χ0n) is 9.84. The Balaban J connectivity index is 1.79. The molecule has 0 saturated carbocycles. The summed E-state index contributed by atoms with van der Waals surface area (Å²) in [6.07, 6.45) is 4.81. The van der Waals surface area contributed by atoms with Gasteiger partial charge in [0.15, 0.2) is 6.10 Å². The van der Waals surface area contributed by atoms with Crippen molar-refractivity contribution < 1.29 is 14.3 Å². The summed E-state index contributed by atoms with van der Waals surface area (Å²) in [6.45, 7) is 1.94. The Bertz CT molecular complexity index is 397. The van der Waals surface area contributed by atoms with Crippen LogP contribution in [0, 0.1) is 0 Å². The molecule has 17 heavy (non-hydrogen) atoms. The highest BCUT2D eigenvalue weighted by molar-refractivity contribution is 5.66. The molecule has 0 aliphatic carbocycles. The Morgan fingerprint density at radius 2 is 2.24 bits per heavy atom. The van der Waals surface area contributed by atoms with Crippen LogP contribution in [-0.2, 0) is 14.3 Å². The fourth-order valence-corrected chi connectivity index (χ4v) is 1.76. The molecular formula is C14H16O3. The second-order valence-electron chi connectivity index (χ2n) is 4.07. The molecule has 3 nitrogen and oxygen atoms in total. The molecule has 3 heteroatoms. The van der Waals surface area contributed by atoms with Crippen LogP contribution in [0.25, 0.3) is 6.08 Å². The molecule has 0 spiro atoms. The van der Waals surface area contributed by atoms with E-state index < -0.39 is 0 Å². The van der Waals surface area contributed by atoms with Crippen molar-refractivity contribution in [2.75, 3.05) is 6.61 Å². The van der Waals surface area contributed by atoms with Gasteiger partial charge in [-0.25, -0.2) is 0 Å². The second kappa shape index (κ2) is 5.64. The van der Waals surface area contributed by atoms with E-state index in [2.05, 4.69) is 6.08 Å². The SMILES string of the molecule is CC(=O)OC1CO[C@H]1C/C=C/c1ccccc1. The van der Waals surface area contributed by atoms with Crippen molar-refractivity contribution >= 4 is 12.0 Å². The number of rotatable bonds is 4. The van der Waals surface area contributed by atoms with Crippen molar-refractivity contribution in [1.29, 1.82) is 0 Å². The lowest BCUT2D eigenvalue weighted by molar-refractivity contribution is -0.195. The average Bonchev–Trinajstić information content (AvgIpc) is 2.31. The fraction of sp³-hybridized carbons (Fsp3) is 0.357. The van der Waals surface area contributed by atoms with Crippen molar-refractivity contribution in [1.82, 2.24) is 0 Å². The van der Waals surface area contributed by atoms with Crippen molar-refractivity contribution in [3.05, 3.63) is 42.0 Å². The molecule has 0 N–H and O–H groups in total. The van der Waals surface area contributed by atoms with Gasteiger partial charge in [-0.2, -0.15) is 0 Å². The monoisotopic (exact) mass is 232 g/mol. The highest BCUT2D eigenvalue weighted by Gasteiger charge is 2.33. The summed E-state index contributed by atoms with van der Waals surface area (Å²) in [4.78, 5) is 10.8. The number of hydrogen-bond donors (Lipinski definition) is 0. The molecule has 0 radical (unpaired) electrons. The normalized spacial score (nSPS) is 23.4. The predicted octanol–water partition coefficient (Wildman–Crippen LogP) is 2.42. The molecule has 0 aromatic heterocycles. The molecular weight excluding hydrogens is 216 g/mol. The van der Waals surface area contributed by atoms with Crippen LogP contribution >= 0.6 is 0 Å². The molecule has 2 atom stereocenters. The third-order valence-electron chi connectivity index (χ3n) is 2.68. The van der Waals surface area contributed by atoms with Gasteiger partial charge in [-0.1, -0.05) is 42.5 Å². The van der Waals surface area contributed by atoms with E-state index in [4.69, 9.17) is 9.47 Å². The van der Waals surface area contributed by atoms with Gasteiger partial charge in [0.05, 0.1) is 6.61 Å². The molecule has 1 saturated heterocycles. The van der Waals surface area contributed by atoms with Crippen LogP contribution in [0.1, 0.15) is 18.9 Å². The molecule has 0 bridgehead atoms. The number of esters is 1. The van der Waals surface area contributed by atoms with Gasteiger partial charge in [0, 0.05) is 6.92 Å². The average molecular weight is 232 g/mol. The van der Waals surface area contributed by atoms with Crippen molar-refractivity contribution in [2.45, 2.75) is 25.6 Å². The zero-order chi connectivity index (χ0) is 12.1. The Kier molecular flexibility index (Phi) is 3.94. The number of carbonyl (C=O) groups is 1. The molecule has 2 rings (SSSR count). The van der Waals surface area contributed by atoms with Gasteiger partial charge < -0.3 is 9.47 Å². The van der Waals surface area contributed by atoms with Crippen LogP contribution in [0.15, 0.2) is 36.4 Å². The van der Waals surface area contributed by atoms with E-state index in [1.54, 1.807) is 0 Å². The lowest BCUT2D eigenvalue weighted by atomic mass is 10.1. The highest BCUT2D eigenvalue weighted by atomic mass is 16.6. The first-order valence-electron chi connectivity index (χ1n) is 5.76. The van der Waals surface area contributed by atoms with Crippen LogP contribution in [0.4, 0.5) is 0 Å². The maximum absolute atomic E-state index is 10.8. The van der Waals surface area contributed by atoms with E-state index in [9.17, 15) is 4.79 Å². The Hall–Kier alpha value is -1.61. The first-order chi connectivity index (χ1) is 8.25. The molecule has 1 aliphatic rings. The maximum Gasteiger partial charge on any atom is 0.303 e. The maximum atomic E-state index is 10.8. The standard InChI is InChI=1S/C14H16O3/c1-11(15)17-14-10-16-13(14)9-5-8-12-6-3-2-4-7-12/h2-8,13-14H,9-10H2,1H3/b8-5+/t13-,14?/m0/s1. The summed E-state index contributed by atoms with van der Waals surface area (Å²) in [6, 6.07) is 10.1. The number of carbonyl (C=O) groups excluding carboxylic acids is 1. The van der Waals surface area contributed by atoms with Crippen LogP contribution in [0.2, 0.25) is 0 Å². The first kappa shape index (κ1) is 11.9. The molecule has 1 heterocycles. The summed E-state index contributed by atoms with van der Waals surface area (Å²) >= 11 is 0. The number of ether oxygens (including phenoxy) is 2. The van der Waals surface area contributed by atoms with E-state index in [0.717, 1.165) is 12.0 Å². The molecule has 1 fully saturated rings. The molecule has 1 aromatic rings. The zero-order valence-corrected chi connectivity index (χ0v) is 9.84. The quantitative estimate of drug-likeness (QED) is 0.748. The van der Waals surface area contributed by atoms with Gasteiger partial charge in [0.1, 0.15) is 6.10 Å². The lowest BCUT2D eigenvalue weighted by Crippen LogP contribution is -2.47. The molecule has 1 unspecified atom stereocenters. The van der Waals surface area contributed by atoms with Crippen molar-refractivity contribution in [3.63, 3.8) is 0 Å². The minimum atomic E-state index is -0.240. The van der Waals surface area contributed by atoms with Gasteiger partial charge in [-0.05, 0) is 12.0 Å².